The van der Waals surface area contributed by atoms with Crippen LogP contribution < -0.4 is 10.5 Å². The van der Waals surface area contributed by atoms with E-state index in [1.807, 2.05) is 49.4 Å². The van der Waals surface area contributed by atoms with Crippen molar-refractivity contribution in [3.8, 4) is 11.5 Å². The standard InChI is InChI=1S/C17H15ClN2O/c1-11-8-17(12(9-19)10-20-11)21-16-7-6-15(18)13-4-2-3-5-14(13)16/h2-8,10H,9,19H2,1H3. The number of halogens is 1. The maximum atomic E-state index is 6.23. The third kappa shape index (κ3) is 2.71. The predicted molar refractivity (Wildman–Crippen MR) is 85.9 cm³/mol. The molecule has 106 valence electrons. The number of pyridine rings is 1. The molecule has 0 saturated heterocycles. The highest BCUT2D eigenvalue weighted by atomic mass is 35.5. The molecule has 0 aliphatic carbocycles. The second-order valence-electron chi connectivity index (χ2n) is 4.83. The normalized spacial score (nSPS) is 10.8. The first-order chi connectivity index (χ1) is 10.2. The van der Waals surface area contributed by atoms with Gasteiger partial charge in [0, 0.05) is 45.9 Å². The molecule has 0 aliphatic rings. The lowest BCUT2D eigenvalue weighted by Crippen LogP contribution is -2.01. The lowest BCUT2D eigenvalue weighted by Gasteiger charge is -2.13. The molecule has 0 aliphatic heterocycles. The fourth-order valence-electron chi connectivity index (χ4n) is 2.25. The van der Waals surface area contributed by atoms with Crippen molar-refractivity contribution >= 4 is 22.4 Å². The molecule has 3 aromatic rings. The minimum atomic E-state index is 0.383. The second kappa shape index (κ2) is 5.72. The third-order valence-corrected chi connectivity index (χ3v) is 3.68. The molecule has 0 saturated carbocycles. The monoisotopic (exact) mass is 298 g/mol. The second-order valence-corrected chi connectivity index (χ2v) is 5.24. The molecule has 4 heteroatoms. The van der Waals surface area contributed by atoms with E-state index in [9.17, 15) is 0 Å². The van der Waals surface area contributed by atoms with Crippen molar-refractivity contribution in [2.24, 2.45) is 5.73 Å². The zero-order chi connectivity index (χ0) is 14.8. The van der Waals surface area contributed by atoms with E-state index in [4.69, 9.17) is 22.1 Å². The quantitative estimate of drug-likeness (QED) is 0.777. The molecule has 3 nitrogen and oxygen atoms in total. The highest BCUT2D eigenvalue weighted by Crippen LogP contribution is 2.35. The van der Waals surface area contributed by atoms with Crippen molar-refractivity contribution in [2.45, 2.75) is 13.5 Å². The van der Waals surface area contributed by atoms with Gasteiger partial charge in [0.25, 0.3) is 0 Å². The van der Waals surface area contributed by atoms with Gasteiger partial charge in [-0.25, -0.2) is 0 Å². The summed E-state index contributed by atoms with van der Waals surface area (Å²) in [5, 5.41) is 2.65. The van der Waals surface area contributed by atoms with Crippen molar-refractivity contribution < 1.29 is 4.74 Å². The Hall–Kier alpha value is -2.10. The number of nitrogens with two attached hydrogens (primary N) is 1. The van der Waals surface area contributed by atoms with Crippen LogP contribution in [0, 0.1) is 6.92 Å². The molecule has 2 aromatic carbocycles. The highest BCUT2D eigenvalue weighted by molar-refractivity contribution is 6.35. The topological polar surface area (TPSA) is 48.1 Å². The van der Waals surface area contributed by atoms with E-state index in [2.05, 4.69) is 4.98 Å². The van der Waals surface area contributed by atoms with Crippen molar-refractivity contribution in [2.75, 3.05) is 0 Å². The van der Waals surface area contributed by atoms with Gasteiger partial charge in [-0.1, -0.05) is 35.9 Å². The molecule has 0 atom stereocenters. The summed E-state index contributed by atoms with van der Waals surface area (Å²) in [6.07, 6.45) is 1.75. The predicted octanol–water partition coefficient (Wildman–Crippen LogP) is 4.45. The van der Waals surface area contributed by atoms with E-state index in [-0.39, 0.29) is 0 Å². The third-order valence-electron chi connectivity index (χ3n) is 3.35. The van der Waals surface area contributed by atoms with Gasteiger partial charge >= 0.3 is 0 Å². The summed E-state index contributed by atoms with van der Waals surface area (Å²) in [7, 11) is 0. The molecule has 1 heterocycles. The fraction of sp³-hybridized carbons (Fsp3) is 0.118. The molecule has 2 N–H and O–H groups in total. The van der Waals surface area contributed by atoms with E-state index in [1.165, 1.54) is 0 Å². The lowest BCUT2D eigenvalue weighted by molar-refractivity contribution is 0.480. The van der Waals surface area contributed by atoms with Gasteiger partial charge in [0.05, 0.1) is 0 Å². The average molecular weight is 299 g/mol. The van der Waals surface area contributed by atoms with Crippen LogP contribution in [0.2, 0.25) is 5.02 Å². The van der Waals surface area contributed by atoms with Crippen LogP contribution in [0.1, 0.15) is 11.3 Å². The molecular formula is C17H15ClN2O. The molecule has 0 radical (unpaired) electrons. The number of rotatable bonds is 3. The highest BCUT2D eigenvalue weighted by Gasteiger charge is 2.09. The molecule has 3 rings (SSSR count). The maximum Gasteiger partial charge on any atom is 0.135 e. The Labute approximate surface area is 128 Å². The Morgan fingerprint density at radius 1 is 1.10 bits per heavy atom. The molecule has 0 unspecified atom stereocenters. The molecule has 0 bridgehead atoms. The minimum Gasteiger partial charge on any atom is -0.456 e. The van der Waals surface area contributed by atoms with Crippen LogP contribution in [0.5, 0.6) is 11.5 Å². The van der Waals surface area contributed by atoms with E-state index in [0.717, 1.165) is 33.5 Å². The number of benzene rings is 2. The van der Waals surface area contributed by atoms with E-state index in [0.29, 0.717) is 11.6 Å². The van der Waals surface area contributed by atoms with Crippen LogP contribution in [0.4, 0.5) is 0 Å². The SMILES string of the molecule is Cc1cc(Oc2ccc(Cl)c3ccccc23)c(CN)cn1. The minimum absolute atomic E-state index is 0.383. The van der Waals surface area contributed by atoms with Crippen LogP contribution in [0.25, 0.3) is 10.8 Å². The van der Waals surface area contributed by atoms with Crippen molar-refractivity contribution in [1.82, 2.24) is 4.98 Å². The van der Waals surface area contributed by atoms with Gasteiger partial charge in [-0.2, -0.15) is 0 Å². The Bertz CT molecular complexity index is 802. The first-order valence-electron chi connectivity index (χ1n) is 6.69. The Morgan fingerprint density at radius 3 is 2.62 bits per heavy atom. The van der Waals surface area contributed by atoms with Crippen LogP contribution >= 0.6 is 11.6 Å². The van der Waals surface area contributed by atoms with Gasteiger partial charge in [0.15, 0.2) is 0 Å². The van der Waals surface area contributed by atoms with Gasteiger partial charge < -0.3 is 10.5 Å². The summed E-state index contributed by atoms with van der Waals surface area (Å²) < 4.78 is 6.07. The first kappa shape index (κ1) is 13.9. The molecule has 0 fully saturated rings. The summed E-state index contributed by atoms with van der Waals surface area (Å²) in [6, 6.07) is 13.5. The summed E-state index contributed by atoms with van der Waals surface area (Å²) >= 11 is 6.23. The summed E-state index contributed by atoms with van der Waals surface area (Å²) in [5.41, 5.74) is 7.51. The Kier molecular flexibility index (Phi) is 3.78. The van der Waals surface area contributed by atoms with Crippen molar-refractivity contribution in [3.63, 3.8) is 0 Å². The number of hydrogen-bond donors (Lipinski definition) is 1. The van der Waals surface area contributed by atoms with Gasteiger partial charge in [0.2, 0.25) is 0 Å². The van der Waals surface area contributed by atoms with Crippen LogP contribution in [-0.4, -0.2) is 4.98 Å². The molecule has 0 amide bonds. The molecule has 0 spiro atoms. The first-order valence-corrected chi connectivity index (χ1v) is 7.07. The van der Waals surface area contributed by atoms with Gasteiger partial charge in [-0.05, 0) is 19.1 Å². The van der Waals surface area contributed by atoms with Gasteiger partial charge in [-0.3, -0.25) is 4.98 Å². The number of hydrogen-bond acceptors (Lipinski definition) is 3. The number of ether oxygens (including phenoxy) is 1. The molecule has 1 aromatic heterocycles. The fourth-order valence-corrected chi connectivity index (χ4v) is 2.48. The maximum absolute atomic E-state index is 6.23. The summed E-state index contributed by atoms with van der Waals surface area (Å²) in [4.78, 5) is 4.25. The van der Waals surface area contributed by atoms with Gasteiger partial charge in [0.1, 0.15) is 11.5 Å². The zero-order valence-corrected chi connectivity index (χ0v) is 12.4. The average Bonchev–Trinajstić information content (AvgIpc) is 2.51. The summed E-state index contributed by atoms with van der Waals surface area (Å²) in [6.45, 7) is 2.31. The van der Waals surface area contributed by atoms with E-state index >= 15 is 0 Å². The molecular weight excluding hydrogens is 284 g/mol. The van der Waals surface area contributed by atoms with E-state index < -0.39 is 0 Å². The van der Waals surface area contributed by atoms with Crippen LogP contribution in [0.15, 0.2) is 48.7 Å². The van der Waals surface area contributed by atoms with Crippen molar-refractivity contribution in [3.05, 3.63) is 64.9 Å². The Morgan fingerprint density at radius 2 is 1.86 bits per heavy atom. The smallest absolute Gasteiger partial charge is 0.135 e. The van der Waals surface area contributed by atoms with E-state index in [1.54, 1.807) is 6.20 Å². The van der Waals surface area contributed by atoms with Crippen molar-refractivity contribution in [1.29, 1.82) is 0 Å². The Balaban J connectivity index is 2.11. The lowest BCUT2D eigenvalue weighted by atomic mass is 10.1. The zero-order valence-electron chi connectivity index (χ0n) is 11.6. The molecule has 21 heavy (non-hydrogen) atoms. The largest absolute Gasteiger partial charge is 0.456 e. The number of nitrogens with zero attached hydrogens (tertiary/aromatic N) is 1. The number of fused-ring (bicyclic) bond motifs is 1. The van der Waals surface area contributed by atoms with Crippen LogP contribution in [0.3, 0.4) is 0 Å². The van der Waals surface area contributed by atoms with Gasteiger partial charge in [-0.15, -0.1) is 0 Å². The number of aryl methyl sites for hydroxylation is 1. The van der Waals surface area contributed by atoms with Crippen LogP contribution in [-0.2, 0) is 6.54 Å². The number of aromatic nitrogens is 1. The summed E-state index contributed by atoms with van der Waals surface area (Å²) in [5.74, 6) is 1.49.